The smallest absolute Gasteiger partial charge is 0.115 e. The van der Waals surface area contributed by atoms with Gasteiger partial charge in [0, 0.05) is 25.0 Å². The van der Waals surface area contributed by atoms with Gasteiger partial charge < -0.3 is 5.11 Å². The van der Waals surface area contributed by atoms with Gasteiger partial charge in [0.05, 0.1) is 0 Å². The first-order chi connectivity index (χ1) is 9.28. The lowest BCUT2D eigenvalue weighted by Crippen LogP contribution is -2.24. The zero-order chi connectivity index (χ0) is 13.5. The molecular formula is C16H18BrNO. The van der Waals surface area contributed by atoms with E-state index in [1.54, 1.807) is 6.07 Å². The molecule has 0 heterocycles. The van der Waals surface area contributed by atoms with Crippen molar-refractivity contribution in [2.45, 2.75) is 13.1 Å². The molecule has 3 heteroatoms. The van der Waals surface area contributed by atoms with E-state index in [1.807, 2.05) is 24.3 Å². The van der Waals surface area contributed by atoms with E-state index in [0.717, 1.165) is 30.5 Å². The van der Waals surface area contributed by atoms with Crippen LogP contribution < -0.4 is 0 Å². The van der Waals surface area contributed by atoms with Crippen LogP contribution in [0.2, 0.25) is 0 Å². The molecule has 0 bridgehead atoms. The second-order valence-corrected chi connectivity index (χ2v) is 5.35. The Bertz CT molecular complexity index is 501. The highest BCUT2D eigenvalue weighted by molar-refractivity contribution is 9.09. The van der Waals surface area contributed by atoms with E-state index in [0.29, 0.717) is 5.75 Å². The summed E-state index contributed by atoms with van der Waals surface area (Å²) in [5.41, 5.74) is 2.44. The molecule has 0 aromatic heterocycles. The molecule has 2 rings (SSSR count). The lowest BCUT2D eigenvalue weighted by atomic mass is 10.1. The average molecular weight is 320 g/mol. The number of hydrogen-bond acceptors (Lipinski definition) is 2. The molecule has 0 fully saturated rings. The summed E-state index contributed by atoms with van der Waals surface area (Å²) in [7, 11) is 0. The van der Waals surface area contributed by atoms with Crippen LogP contribution in [-0.4, -0.2) is 21.9 Å². The monoisotopic (exact) mass is 319 g/mol. The molecule has 0 saturated carbocycles. The first kappa shape index (κ1) is 14.1. The van der Waals surface area contributed by atoms with E-state index in [9.17, 15) is 5.11 Å². The third kappa shape index (κ3) is 4.69. The summed E-state index contributed by atoms with van der Waals surface area (Å²) in [6.07, 6.45) is 0. The molecule has 0 spiro atoms. The Morgan fingerprint density at radius 1 is 0.895 bits per heavy atom. The summed E-state index contributed by atoms with van der Waals surface area (Å²) in [6.45, 7) is 2.74. The molecule has 100 valence electrons. The van der Waals surface area contributed by atoms with Crippen LogP contribution in [0.4, 0.5) is 0 Å². The van der Waals surface area contributed by atoms with Gasteiger partial charge in [-0.2, -0.15) is 0 Å². The highest BCUT2D eigenvalue weighted by atomic mass is 79.9. The summed E-state index contributed by atoms with van der Waals surface area (Å²) in [5.74, 6) is 0.330. The third-order valence-electron chi connectivity index (χ3n) is 2.97. The second kappa shape index (κ2) is 7.31. The first-order valence-corrected chi connectivity index (χ1v) is 7.50. The summed E-state index contributed by atoms with van der Waals surface area (Å²) in [4.78, 5) is 2.36. The van der Waals surface area contributed by atoms with Crippen LogP contribution >= 0.6 is 15.9 Å². The highest BCUT2D eigenvalue weighted by Gasteiger charge is 2.06. The molecule has 0 atom stereocenters. The maximum Gasteiger partial charge on any atom is 0.115 e. The van der Waals surface area contributed by atoms with Crippen molar-refractivity contribution in [3.8, 4) is 5.75 Å². The lowest BCUT2D eigenvalue weighted by molar-refractivity contribution is 0.274. The van der Waals surface area contributed by atoms with Crippen LogP contribution in [0.15, 0.2) is 54.6 Å². The number of benzene rings is 2. The predicted octanol–water partition coefficient (Wildman–Crippen LogP) is 3.79. The van der Waals surface area contributed by atoms with Crippen molar-refractivity contribution >= 4 is 15.9 Å². The van der Waals surface area contributed by atoms with Crippen LogP contribution in [0.1, 0.15) is 11.1 Å². The summed E-state index contributed by atoms with van der Waals surface area (Å²) >= 11 is 3.50. The maximum atomic E-state index is 9.52. The second-order valence-electron chi connectivity index (χ2n) is 4.56. The number of nitrogens with zero attached hydrogens (tertiary/aromatic N) is 1. The van der Waals surface area contributed by atoms with Crippen molar-refractivity contribution in [2.75, 3.05) is 11.9 Å². The van der Waals surface area contributed by atoms with Crippen molar-refractivity contribution in [2.24, 2.45) is 0 Å². The fourth-order valence-electron chi connectivity index (χ4n) is 2.09. The lowest BCUT2D eigenvalue weighted by Gasteiger charge is -2.21. The van der Waals surface area contributed by atoms with Gasteiger partial charge in [-0.3, -0.25) is 4.90 Å². The first-order valence-electron chi connectivity index (χ1n) is 6.38. The van der Waals surface area contributed by atoms with E-state index < -0.39 is 0 Å². The average Bonchev–Trinajstić information content (AvgIpc) is 2.40. The Labute approximate surface area is 122 Å². The molecule has 1 N–H and O–H groups in total. The molecule has 0 saturated heterocycles. The summed E-state index contributed by atoms with van der Waals surface area (Å²) < 4.78 is 0. The van der Waals surface area contributed by atoms with Crippen LogP contribution in [0.5, 0.6) is 5.75 Å². The van der Waals surface area contributed by atoms with E-state index in [1.165, 1.54) is 5.56 Å². The predicted molar refractivity (Wildman–Crippen MR) is 82.5 cm³/mol. The van der Waals surface area contributed by atoms with Crippen molar-refractivity contribution < 1.29 is 5.11 Å². The van der Waals surface area contributed by atoms with Crippen molar-refractivity contribution in [1.29, 1.82) is 0 Å². The number of hydrogen-bond donors (Lipinski definition) is 1. The molecule has 0 unspecified atom stereocenters. The zero-order valence-corrected chi connectivity index (χ0v) is 12.4. The van der Waals surface area contributed by atoms with Crippen LogP contribution in [0.25, 0.3) is 0 Å². The molecular weight excluding hydrogens is 302 g/mol. The van der Waals surface area contributed by atoms with Gasteiger partial charge in [-0.15, -0.1) is 0 Å². The quantitative estimate of drug-likeness (QED) is 0.819. The normalized spacial score (nSPS) is 10.8. The molecule has 0 radical (unpaired) electrons. The van der Waals surface area contributed by atoms with E-state index in [-0.39, 0.29) is 0 Å². The van der Waals surface area contributed by atoms with Gasteiger partial charge in [-0.25, -0.2) is 0 Å². The number of alkyl halides is 1. The van der Waals surface area contributed by atoms with Gasteiger partial charge in [0.15, 0.2) is 0 Å². The standard InChI is InChI=1S/C16H18BrNO/c17-9-10-18(12-14-5-2-1-3-6-14)13-15-7-4-8-16(19)11-15/h1-8,11,19H,9-10,12-13H2. The van der Waals surface area contributed by atoms with Gasteiger partial charge in [0.2, 0.25) is 0 Å². The Morgan fingerprint density at radius 2 is 1.58 bits per heavy atom. The van der Waals surface area contributed by atoms with E-state index in [4.69, 9.17) is 0 Å². The van der Waals surface area contributed by atoms with Gasteiger partial charge >= 0.3 is 0 Å². The van der Waals surface area contributed by atoms with Gasteiger partial charge in [0.25, 0.3) is 0 Å². The Morgan fingerprint density at radius 3 is 2.26 bits per heavy atom. The van der Waals surface area contributed by atoms with Crippen LogP contribution in [-0.2, 0) is 13.1 Å². The fraction of sp³-hybridized carbons (Fsp3) is 0.250. The summed E-state index contributed by atoms with van der Waals surface area (Å²) in [5, 5.41) is 10.5. The SMILES string of the molecule is Oc1cccc(CN(CCBr)Cc2ccccc2)c1. The van der Waals surface area contributed by atoms with Gasteiger partial charge in [-0.1, -0.05) is 58.4 Å². The van der Waals surface area contributed by atoms with Gasteiger partial charge in [0.1, 0.15) is 5.75 Å². The molecule has 2 aromatic carbocycles. The number of halogens is 1. The Hall–Kier alpha value is -1.32. The molecule has 19 heavy (non-hydrogen) atoms. The highest BCUT2D eigenvalue weighted by Crippen LogP contribution is 2.15. The summed E-state index contributed by atoms with van der Waals surface area (Å²) in [6, 6.07) is 17.9. The number of aromatic hydroxyl groups is 1. The van der Waals surface area contributed by atoms with Crippen molar-refractivity contribution in [3.63, 3.8) is 0 Å². The number of rotatable bonds is 6. The minimum absolute atomic E-state index is 0.330. The largest absolute Gasteiger partial charge is 0.508 e. The van der Waals surface area contributed by atoms with Gasteiger partial charge in [-0.05, 0) is 23.3 Å². The Kier molecular flexibility index (Phi) is 5.43. The fourth-order valence-corrected chi connectivity index (χ4v) is 2.59. The third-order valence-corrected chi connectivity index (χ3v) is 3.32. The maximum absolute atomic E-state index is 9.52. The zero-order valence-electron chi connectivity index (χ0n) is 10.8. The molecule has 0 aliphatic rings. The number of phenolic OH excluding ortho intramolecular Hbond substituents is 1. The van der Waals surface area contributed by atoms with Crippen LogP contribution in [0.3, 0.4) is 0 Å². The van der Waals surface area contributed by atoms with Crippen molar-refractivity contribution in [1.82, 2.24) is 4.90 Å². The minimum atomic E-state index is 0.330. The van der Waals surface area contributed by atoms with Crippen LogP contribution in [0, 0.1) is 0 Å². The molecule has 0 aliphatic carbocycles. The Balaban J connectivity index is 2.04. The molecule has 0 aliphatic heterocycles. The molecule has 2 nitrogen and oxygen atoms in total. The molecule has 2 aromatic rings. The molecule has 0 amide bonds. The van der Waals surface area contributed by atoms with E-state index >= 15 is 0 Å². The van der Waals surface area contributed by atoms with E-state index in [2.05, 4.69) is 45.1 Å². The number of phenols is 1. The topological polar surface area (TPSA) is 23.5 Å². The minimum Gasteiger partial charge on any atom is -0.508 e. The van der Waals surface area contributed by atoms with Crippen molar-refractivity contribution in [3.05, 3.63) is 65.7 Å².